The maximum atomic E-state index is 12.3. The Kier molecular flexibility index (Phi) is 6.36. The summed E-state index contributed by atoms with van der Waals surface area (Å²) >= 11 is 1.15. The van der Waals surface area contributed by atoms with Crippen LogP contribution in [0.2, 0.25) is 0 Å². The Morgan fingerprint density at radius 3 is 2.65 bits per heavy atom. The van der Waals surface area contributed by atoms with Crippen LogP contribution in [0, 0.1) is 25.2 Å². The molecule has 1 heterocycles. The lowest BCUT2D eigenvalue weighted by atomic mass is 10.1. The van der Waals surface area contributed by atoms with Gasteiger partial charge in [0.2, 0.25) is 5.91 Å². The standard InChI is InChI=1S/C19H19N3O3S/c1-11-5-6-17(25-4)16(7-11)22-18(24)10-26-19-14(9-20)8-15(13(3)23)12(2)21-19/h5-8H,10H2,1-4H3,(H,22,24). The number of ether oxygens (including phenoxy) is 1. The van der Waals surface area contributed by atoms with Crippen molar-refractivity contribution in [1.82, 2.24) is 4.98 Å². The topological polar surface area (TPSA) is 92.1 Å². The number of pyridine rings is 1. The number of Topliss-reactive ketones (excluding diaryl/α,β-unsaturated/α-hetero) is 1. The lowest BCUT2D eigenvalue weighted by Crippen LogP contribution is -2.15. The van der Waals surface area contributed by atoms with Gasteiger partial charge in [-0.15, -0.1) is 0 Å². The van der Waals surface area contributed by atoms with Crippen molar-refractivity contribution in [3.63, 3.8) is 0 Å². The zero-order valence-electron chi connectivity index (χ0n) is 15.0. The first-order valence-corrected chi connectivity index (χ1v) is 8.84. The number of hydrogen-bond donors (Lipinski definition) is 1. The monoisotopic (exact) mass is 369 g/mol. The number of hydrogen-bond acceptors (Lipinski definition) is 6. The summed E-state index contributed by atoms with van der Waals surface area (Å²) in [5, 5.41) is 12.5. The molecule has 0 aliphatic heterocycles. The maximum Gasteiger partial charge on any atom is 0.234 e. The number of ketones is 1. The van der Waals surface area contributed by atoms with Crippen molar-refractivity contribution >= 4 is 29.1 Å². The number of amides is 1. The molecular formula is C19H19N3O3S. The fourth-order valence-electron chi connectivity index (χ4n) is 2.37. The number of carbonyl (C=O) groups excluding carboxylic acids is 2. The summed E-state index contributed by atoms with van der Waals surface area (Å²) in [6, 6.07) is 9.06. The third kappa shape index (κ3) is 4.61. The highest BCUT2D eigenvalue weighted by Gasteiger charge is 2.15. The number of carbonyl (C=O) groups is 2. The number of nitrogens with one attached hydrogen (secondary N) is 1. The summed E-state index contributed by atoms with van der Waals surface area (Å²) in [7, 11) is 1.54. The first-order valence-electron chi connectivity index (χ1n) is 7.85. The Morgan fingerprint density at radius 1 is 1.31 bits per heavy atom. The molecule has 6 nitrogen and oxygen atoms in total. The largest absolute Gasteiger partial charge is 0.495 e. The summed E-state index contributed by atoms with van der Waals surface area (Å²) in [5.41, 5.74) is 2.83. The van der Waals surface area contributed by atoms with Crippen LogP contribution in [0.4, 0.5) is 5.69 Å². The molecule has 0 saturated heterocycles. The van der Waals surface area contributed by atoms with Crippen molar-refractivity contribution in [2.75, 3.05) is 18.2 Å². The van der Waals surface area contributed by atoms with Crippen LogP contribution in [0.25, 0.3) is 0 Å². The summed E-state index contributed by atoms with van der Waals surface area (Å²) in [6.45, 7) is 5.06. The molecule has 0 spiro atoms. The smallest absolute Gasteiger partial charge is 0.234 e. The van der Waals surface area contributed by atoms with Crippen LogP contribution in [0.15, 0.2) is 29.3 Å². The molecule has 1 amide bonds. The van der Waals surface area contributed by atoms with E-state index in [1.165, 1.54) is 20.1 Å². The van der Waals surface area contributed by atoms with Crippen LogP contribution < -0.4 is 10.1 Å². The number of rotatable bonds is 6. The molecule has 1 aromatic carbocycles. The van der Waals surface area contributed by atoms with E-state index < -0.39 is 0 Å². The van der Waals surface area contributed by atoms with Gasteiger partial charge in [-0.2, -0.15) is 5.26 Å². The van der Waals surface area contributed by atoms with Crippen molar-refractivity contribution in [2.24, 2.45) is 0 Å². The molecule has 0 atom stereocenters. The van der Waals surface area contributed by atoms with E-state index in [0.29, 0.717) is 27.7 Å². The molecule has 0 aliphatic carbocycles. The Balaban J connectivity index is 2.13. The van der Waals surface area contributed by atoms with Gasteiger partial charge >= 0.3 is 0 Å². The van der Waals surface area contributed by atoms with Gasteiger partial charge in [0.25, 0.3) is 0 Å². The Labute approximate surface area is 156 Å². The van der Waals surface area contributed by atoms with Gasteiger partial charge in [-0.05, 0) is 44.5 Å². The summed E-state index contributed by atoms with van der Waals surface area (Å²) < 4.78 is 5.24. The SMILES string of the molecule is COc1ccc(C)cc1NC(=O)CSc1nc(C)c(C(C)=O)cc1C#N. The van der Waals surface area contributed by atoms with Gasteiger partial charge in [-0.25, -0.2) is 4.98 Å². The van der Waals surface area contributed by atoms with Crippen molar-refractivity contribution in [3.05, 3.63) is 46.6 Å². The molecule has 2 rings (SSSR count). The van der Waals surface area contributed by atoms with Crippen molar-refractivity contribution in [2.45, 2.75) is 25.8 Å². The van der Waals surface area contributed by atoms with Gasteiger partial charge in [0, 0.05) is 11.3 Å². The number of aryl methyl sites for hydroxylation is 2. The predicted molar refractivity (Wildman–Crippen MR) is 101 cm³/mol. The third-order valence-electron chi connectivity index (χ3n) is 3.65. The maximum absolute atomic E-state index is 12.3. The van der Waals surface area contributed by atoms with E-state index in [2.05, 4.69) is 10.3 Å². The van der Waals surface area contributed by atoms with Gasteiger partial charge in [-0.1, -0.05) is 17.8 Å². The second kappa shape index (κ2) is 8.50. The Morgan fingerprint density at radius 2 is 2.04 bits per heavy atom. The number of nitrogens with zero attached hydrogens (tertiary/aromatic N) is 2. The number of thioether (sulfide) groups is 1. The van der Waals surface area contributed by atoms with E-state index in [-0.39, 0.29) is 23.0 Å². The molecule has 1 aromatic heterocycles. The van der Waals surface area contributed by atoms with Crippen LogP contribution in [0.3, 0.4) is 0 Å². The number of aromatic nitrogens is 1. The highest BCUT2D eigenvalue weighted by atomic mass is 32.2. The molecule has 1 N–H and O–H groups in total. The fourth-order valence-corrected chi connectivity index (χ4v) is 3.17. The molecule has 26 heavy (non-hydrogen) atoms. The zero-order chi connectivity index (χ0) is 19.3. The average molecular weight is 369 g/mol. The van der Waals surface area contributed by atoms with E-state index >= 15 is 0 Å². The molecule has 0 fully saturated rings. The highest BCUT2D eigenvalue weighted by Crippen LogP contribution is 2.27. The minimum atomic E-state index is -0.238. The normalized spacial score (nSPS) is 10.1. The Hall–Kier alpha value is -2.85. The second-order valence-electron chi connectivity index (χ2n) is 5.68. The quantitative estimate of drug-likeness (QED) is 0.619. The van der Waals surface area contributed by atoms with Crippen LogP contribution in [-0.2, 0) is 4.79 Å². The Bertz CT molecular complexity index is 904. The molecule has 0 radical (unpaired) electrons. The predicted octanol–water partition coefficient (Wildman–Crippen LogP) is 3.51. The minimum Gasteiger partial charge on any atom is -0.495 e. The number of benzene rings is 1. The second-order valence-corrected chi connectivity index (χ2v) is 6.65. The minimum absolute atomic E-state index is 0.0810. The van der Waals surface area contributed by atoms with E-state index in [1.54, 1.807) is 13.0 Å². The molecule has 0 saturated carbocycles. The first kappa shape index (κ1) is 19.5. The third-order valence-corrected chi connectivity index (χ3v) is 4.64. The molecule has 7 heteroatoms. The highest BCUT2D eigenvalue weighted by molar-refractivity contribution is 8.00. The molecule has 0 bridgehead atoms. The van der Waals surface area contributed by atoms with E-state index in [1.807, 2.05) is 25.1 Å². The summed E-state index contributed by atoms with van der Waals surface area (Å²) in [4.78, 5) is 28.2. The van der Waals surface area contributed by atoms with E-state index in [9.17, 15) is 14.9 Å². The van der Waals surface area contributed by atoms with Crippen molar-refractivity contribution in [1.29, 1.82) is 5.26 Å². The summed E-state index contributed by atoms with van der Waals surface area (Å²) in [5.74, 6) is 0.272. The number of nitriles is 1. The van der Waals surface area contributed by atoms with Gasteiger partial charge in [-0.3, -0.25) is 9.59 Å². The molecule has 2 aromatic rings. The van der Waals surface area contributed by atoms with Crippen molar-refractivity contribution < 1.29 is 14.3 Å². The number of methoxy groups -OCH3 is 1. The first-order chi connectivity index (χ1) is 12.3. The van der Waals surface area contributed by atoms with Gasteiger partial charge in [0.1, 0.15) is 16.8 Å². The average Bonchev–Trinajstić information content (AvgIpc) is 2.60. The molecule has 0 unspecified atom stereocenters. The molecule has 134 valence electrons. The van der Waals surface area contributed by atoms with Gasteiger partial charge in [0.15, 0.2) is 5.78 Å². The van der Waals surface area contributed by atoms with Gasteiger partial charge in [0.05, 0.1) is 24.1 Å². The van der Waals surface area contributed by atoms with Crippen molar-refractivity contribution in [3.8, 4) is 11.8 Å². The lowest BCUT2D eigenvalue weighted by Gasteiger charge is -2.11. The molecule has 0 aliphatic rings. The molecular weight excluding hydrogens is 350 g/mol. The summed E-state index contributed by atoms with van der Waals surface area (Å²) in [6.07, 6.45) is 0. The number of anilines is 1. The fraction of sp³-hybridized carbons (Fsp3) is 0.263. The van der Waals surface area contributed by atoms with E-state index in [4.69, 9.17) is 4.74 Å². The van der Waals surface area contributed by atoms with Crippen LogP contribution in [0.5, 0.6) is 5.75 Å². The van der Waals surface area contributed by atoms with Crippen LogP contribution in [0.1, 0.15) is 34.1 Å². The zero-order valence-corrected chi connectivity index (χ0v) is 15.9. The van der Waals surface area contributed by atoms with Crippen LogP contribution in [-0.4, -0.2) is 29.5 Å². The van der Waals surface area contributed by atoms with E-state index in [0.717, 1.165) is 17.3 Å². The van der Waals surface area contributed by atoms with Gasteiger partial charge < -0.3 is 10.1 Å². The van der Waals surface area contributed by atoms with Crippen LogP contribution >= 0.6 is 11.8 Å². The lowest BCUT2D eigenvalue weighted by molar-refractivity contribution is -0.113.